The average Bonchev–Trinajstić information content (AvgIpc) is 2.56. The summed E-state index contributed by atoms with van der Waals surface area (Å²) in [6.45, 7) is 14.0. The Morgan fingerprint density at radius 3 is 2.00 bits per heavy atom. The first-order valence-corrected chi connectivity index (χ1v) is 8.95. The zero-order valence-corrected chi connectivity index (χ0v) is 16.0. The maximum absolute atomic E-state index is 12.6. The van der Waals surface area contributed by atoms with Gasteiger partial charge in [-0.1, -0.05) is 33.3 Å². The molecule has 0 aromatic rings. The summed E-state index contributed by atoms with van der Waals surface area (Å²) in [7, 11) is 0. The molecule has 4 nitrogen and oxygen atoms in total. The molecule has 0 radical (unpaired) electrons. The van der Waals surface area contributed by atoms with Gasteiger partial charge in [-0.25, -0.2) is 0 Å². The van der Waals surface area contributed by atoms with Crippen LogP contribution in [0, 0.1) is 29.6 Å². The molecule has 0 aliphatic carbocycles. The minimum atomic E-state index is -0.874. The summed E-state index contributed by atoms with van der Waals surface area (Å²) in [5.74, 6) is -2.80. The van der Waals surface area contributed by atoms with Crippen molar-refractivity contribution >= 4 is 17.3 Å². The molecule has 0 amide bonds. The van der Waals surface area contributed by atoms with Crippen molar-refractivity contribution < 1.29 is 19.5 Å². The Bertz CT molecular complexity index is 455. The van der Waals surface area contributed by atoms with Crippen LogP contribution < -0.4 is 0 Å². The first-order valence-electron chi connectivity index (χ1n) is 8.95. The van der Waals surface area contributed by atoms with Crippen molar-refractivity contribution in [3.63, 3.8) is 0 Å². The van der Waals surface area contributed by atoms with Gasteiger partial charge >= 0.3 is 0 Å². The number of allylic oxidation sites excluding steroid dienone is 1. The average molecular weight is 338 g/mol. The van der Waals surface area contributed by atoms with Gasteiger partial charge in [-0.3, -0.25) is 14.4 Å². The van der Waals surface area contributed by atoms with E-state index in [1.165, 1.54) is 20.8 Å². The summed E-state index contributed by atoms with van der Waals surface area (Å²) >= 11 is 0. The number of carbonyl (C=O) groups is 3. The molecule has 0 unspecified atom stereocenters. The van der Waals surface area contributed by atoms with E-state index in [0.717, 1.165) is 12.8 Å². The van der Waals surface area contributed by atoms with E-state index in [1.807, 2.05) is 0 Å². The van der Waals surface area contributed by atoms with Gasteiger partial charge in [0.2, 0.25) is 0 Å². The smallest absolute Gasteiger partial charge is 0.153 e. The van der Waals surface area contributed by atoms with Gasteiger partial charge in [-0.15, -0.1) is 6.58 Å². The molecule has 138 valence electrons. The van der Waals surface area contributed by atoms with Crippen molar-refractivity contribution in [3.8, 4) is 0 Å². The molecule has 0 fully saturated rings. The Morgan fingerprint density at radius 2 is 1.58 bits per heavy atom. The molecule has 0 spiro atoms. The van der Waals surface area contributed by atoms with Gasteiger partial charge in [0, 0.05) is 5.92 Å². The second-order valence-corrected chi connectivity index (χ2v) is 7.17. The van der Waals surface area contributed by atoms with Crippen molar-refractivity contribution in [3.05, 3.63) is 12.7 Å². The van der Waals surface area contributed by atoms with Crippen LogP contribution in [-0.2, 0) is 14.4 Å². The minimum absolute atomic E-state index is 0.0519. The molecule has 6 atom stereocenters. The van der Waals surface area contributed by atoms with E-state index in [4.69, 9.17) is 0 Å². The molecule has 0 bridgehead atoms. The molecule has 1 N–H and O–H groups in total. The highest BCUT2D eigenvalue weighted by molar-refractivity contribution is 6.11. The summed E-state index contributed by atoms with van der Waals surface area (Å²) in [6, 6.07) is 0. The number of aliphatic hydroxyl groups excluding tert-OH is 1. The van der Waals surface area contributed by atoms with Crippen LogP contribution in [0.2, 0.25) is 0 Å². The van der Waals surface area contributed by atoms with Crippen molar-refractivity contribution in [1.82, 2.24) is 0 Å². The van der Waals surface area contributed by atoms with E-state index in [9.17, 15) is 19.5 Å². The quantitative estimate of drug-likeness (QED) is 0.436. The zero-order valence-electron chi connectivity index (χ0n) is 16.0. The molecule has 0 aromatic heterocycles. The maximum Gasteiger partial charge on any atom is 0.153 e. The summed E-state index contributed by atoms with van der Waals surface area (Å²) in [4.78, 5) is 36.2. The molecule has 0 saturated carbocycles. The van der Waals surface area contributed by atoms with E-state index < -0.39 is 23.9 Å². The molecule has 24 heavy (non-hydrogen) atoms. The van der Waals surface area contributed by atoms with Crippen LogP contribution in [0.4, 0.5) is 0 Å². The highest BCUT2D eigenvalue weighted by Crippen LogP contribution is 2.28. The molecule has 0 heterocycles. The SMILES string of the molecule is C=CC[C@@H](C[C@@H](C)CC)[C@H](O)[C@@H](C)C(=O)[C@@H](C)C(=O)[C@@H](C)C(C)=O. The van der Waals surface area contributed by atoms with Gasteiger partial charge in [-0.05, 0) is 45.4 Å². The zero-order chi connectivity index (χ0) is 19.0. The van der Waals surface area contributed by atoms with Gasteiger partial charge in [0.1, 0.15) is 11.6 Å². The molecule has 0 rings (SSSR count). The Kier molecular flexibility index (Phi) is 9.98. The van der Waals surface area contributed by atoms with E-state index >= 15 is 0 Å². The van der Waals surface area contributed by atoms with Crippen LogP contribution in [-0.4, -0.2) is 28.6 Å². The van der Waals surface area contributed by atoms with Gasteiger partial charge < -0.3 is 5.11 Å². The van der Waals surface area contributed by atoms with E-state index in [-0.39, 0.29) is 23.3 Å². The molecule has 0 saturated heterocycles. The largest absolute Gasteiger partial charge is 0.392 e. The Morgan fingerprint density at radius 1 is 1.04 bits per heavy atom. The van der Waals surface area contributed by atoms with E-state index in [2.05, 4.69) is 20.4 Å². The van der Waals surface area contributed by atoms with Gasteiger partial charge in [-0.2, -0.15) is 0 Å². The van der Waals surface area contributed by atoms with Crippen LogP contribution in [0.1, 0.15) is 60.8 Å². The topological polar surface area (TPSA) is 71.4 Å². The first kappa shape index (κ1) is 22.7. The van der Waals surface area contributed by atoms with Crippen molar-refractivity contribution in [2.45, 2.75) is 66.9 Å². The maximum atomic E-state index is 12.6. The summed E-state index contributed by atoms with van der Waals surface area (Å²) in [5.41, 5.74) is 0. The second kappa shape index (κ2) is 10.5. The lowest BCUT2D eigenvalue weighted by atomic mass is 9.77. The predicted molar refractivity (Wildman–Crippen MR) is 96.6 cm³/mol. The van der Waals surface area contributed by atoms with Crippen molar-refractivity contribution in [2.75, 3.05) is 0 Å². The van der Waals surface area contributed by atoms with Crippen LogP contribution in [0.25, 0.3) is 0 Å². The Balaban J connectivity index is 5.09. The lowest BCUT2D eigenvalue weighted by Crippen LogP contribution is -2.39. The lowest BCUT2D eigenvalue weighted by Gasteiger charge is -2.29. The van der Waals surface area contributed by atoms with Crippen LogP contribution in [0.15, 0.2) is 12.7 Å². The highest BCUT2D eigenvalue weighted by Gasteiger charge is 2.36. The minimum Gasteiger partial charge on any atom is -0.392 e. The number of hydrogen-bond acceptors (Lipinski definition) is 4. The lowest BCUT2D eigenvalue weighted by molar-refractivity contribution is -0.140. The number of carbonyl (C=O) groups excluding carboxylic acids is 3. The standard InChI is InChI=1S/C20H34O4/c1-8-10-17(11-12(3)9-2)20(24)15(6)19(23)14(5)18(22)13(4)16(7)21/h8,12-15,17,20,24H,1,9-11H2,2-7H3/t12-,13-,14-,15-,17-,20+/m0/s1. The number of aliphatic hydroxyl groups is 1. The number of Topliss-reactive ketones (excluding diaryl/α,β-unsaturated/α-hetero) is 3. The van der Waals surface area contributed by atoms with Crippen LogP contribution >= 0.6 is 0 Å². The second-order valence-electron chi connectivity index (χ2n) is 7.17. The molecule has 0 aliphatic rings. The normalized spacial score (nSPS) is 18.8. The molecular formula is C20H34O4. The fourth-order valence-corrected chi connectivity index (χ4v) is 2.96. The number of hydrogen-bond donors (Lipinski definition) is 1. The van der Waals surface area contributed by atoms with Crippen LogP contribution in [0.5, 0.6) is 0 Å². The van der Waals surface area contributed by atoms with Crippen molar-refractivity contribution in [2.24, 2.45) is 29.6 Å². The fraction of sp³-hybridized carbons (Fsp3) is 0.750. The summed E-state index contributed by atoms with van der Waals surface area (Å²) in [5, 5.41) is 10.7. The first-order chi connectivity index (χ1) is 11.1. The molecular weight excluding hydrogens is 304 g/mol. The van der Waals surface area contributed by atoms with Crippen molar-refractivity contribution in [1.29, 1.82) is 0 Å². The van der Waals surface area contributed by atoms with E-state index in [1.54, 1.807) is 13.0 Å². The van der Waals surface area contributed by atoms with E-state index in [0.29, 0.717) is 12.3 Å². The third-order valence-electron chi connectivity index (χ3n) is 5.21. The number of rotatable bonds is 12. The number of ketones is 3. The van der Waals surface area contributed by atoms with Gasteiger partial charge in [0.25, 0.3) is 0 Å². The third kappa shape index (κ3) is 6.31. The molecule has 0 aromatic carbocycles. The summed E-state index contributed by atoms with van der Waals surface area (Å²) < 4.78 is 0. The monoisotopic (exact) mass is 338 g/mol. The predicted octanol–water partition coefficient (Wildman–Crippen LogP) is 3.61. The Hall–Kier alpha value is -1.29. The molecule has 4 heteroatoms. The Labute approximate surface area is 146 Å². The van der Waals surface area contributed by atoms with Gasteiger partial charge in [0.15, 0.2) is 5.78 Å². The third-order valence-corrected chi connectivity index (χ3v) is 5.21. The fourth-order valence-electron chi connectivity index (χ4n) is 2.96. The van der Waals surface area contributed by atoms with Gasteiger partial charge in [0.05, 0.1) is 17.9 Å². The van der Waals surface area contributed by atoms with Crippen LogP contribution in [0.3, 0.4) is 0 Å². The highest BCUT2D eigenvalue weighted by atomic mass is 16.3. The summed E-state index contributed by atoms with van der Waals surface area (Å²) in [6.07, 6.45) is 3.41. The molecule has 0 aliphatic heterocycles.